The molecule has 0 radical (unpaired) electrons. The lowest BCUT2D eigenvalue weighted by Gasteiger charge is -2.08. The summed E-state index contributed by atoms with van der Waals surface area (Å²) < 4.78 is 15.8. The molecule has 0 spiro atoms. The number of ether oxygens (including phenoxy) is 3. The van der Waals surface area contributed by atoms with Crippen LogP contribution in [0.15, 0.2) is 17.0 Å². The van der Waals surface area contributed by atoms with E-state index in [9.17, 15) is 14.4 Å². The standard InChI is InChI=1S/C14H11NO7S/c1-20-8-4-10-9(21-6-22-10)2-7(8)3-11-13(18)15(5-12(16)17)14(19)23-11/h2-4H,5-6H2,1H3,(H,16,17)/b11-3-. The number of thioether (sulfide) groups is 1. The number of imide groups is 1. The van der Waals surface area contributed by atoms with Crippen LogP contribution in [-0.4, -0.2) is 47.6 Å². The highest BCUT2D eigenvalue weighted by Crippen LogP contribution is 2.40. The van der Waals surface area contributed by atoms with Crippen molar-refractivity contribution in [1.29, 1.82) is 0 Å². The Balaban J connectivity index is 1.94. The Morgan fingerprint density at radius 1 is 1.39 bits per heavy atom. The fraction of sp³-hybridized carbons (Fsp3) is 0.214. The first-order valence-corrected chi connectivity index (χ1v) is 7.26. The van der Waals surface area contributed by atoms with Gasteiger partial charge in [-0.1, -0.05) is 0 Å². The molecule has 2 aliphatic rings. The third kappa shape index (κ3) is 2.82. The van der Waals surface area contributed by atoms with E-state index < -0.39 is 23.7 Å². The number of carbonyl (C=O) groups is 3. The van der Waals surface area contributed by atoms with Crippen molar-refractivity contribution in [2.75, 3.05) is 20.4 Å². The SMILES string of the molecule is COc1cc2c(cc1/C=C1\SC(=O)N(CC(=O)O)C1=O)OCO2. The van der Waals surface area contributed by atoms with Crippen LogP contribution >= 0.6 is 11.8 Å². The van der Waals surface area contributed by atoms with Crippen LogP contribution in [0.2, 0.25) is 0 Å². The van der Waals surface area contributed by atoms with Crippen LogP contribution in [0.4, 0.5) is 4.79 Å². The normalized spacial score (nSPS) is 18.0. The van der Waals surface area contributed by atoms with Crippen molar-refractivity contribution >= 4 is 35.0 Å². The van der Waals surface area contributed by atoms with Crippen LogP contribution in [0, 0.1) is 0 Å². The number of carboxylic acids is 1. The summed E-state index contributed by atoms with van der Waals surface area (Å²) >= 11 is 0.679. The van der Waals surface area contributed by atoms with Crippen LogP contribution in [0.3, 0.4) is 0 Å². The van der Waals surface area contributed by atoms with Crippen LogP contribution < -0.4 is 14.2 Å². The summed E-state index contributed by atoms with van der Waals surface area (Å²) in [7, 11) is 1.46. The second kappa shape index (κ2) is 5.84. The largest absolute Gasteiger partial charge is 0.496 e. The topological polar surface area (TPSA) is 102 Å². The second-order valence-corrected chi connectivity index (χ2v) is 5.60. The molecule has 1 aromatic carbocycles. The smallest absolute Gasteiger partial charge is 0.323 e. The van der Waals surface area contributed by atoms with Crippen molar-refractivity contribution in [2.45, 2.75) is 0 Å². The van der Waals surface area contributed by atoms with Crippen molar-refractivity contribution in [2.24, 2.45) is 0 Å². The first kappa shape index (κ1) is 15.2. The monoisotopic (exact) mass is 337 g/mol. The molecule has 0 unspecified atom stereocenters. The van der Waals surface area contributed by atoms with Gasteiger partial charge < -0.3 is 19.3 Å². The zero-order chi connectivity index (χ0) is 16.6. The summed E-state index contributed by atoms with van der Waals surface area (Å²) in [4.78, 5) is 35.4. The van der Waals surface area contributed by atoms with E-state index in [2.05, 4.69) is 0 Å². The van der Waals surface area contributed by atoms with Gasteiger partial charge in [-0.25, -0.2) is 0 Å². The van der Waals surface area contributed by atoms with E-state index in [1.54, 1.807) is 12.1 Å². The minimum absolute atomic E-state index is 0.0943. The van der Waals surface area contributed by atoms with Crippen molar-refractivity contribution < 1.29 is 33.7 Å². The maximum Gasteiger partial charge on any atom is 0.323 e. The molecule has 0 atom stereocenters. The quantitative estimate of drug-likeness (QED) is 0.826. The fourth-order valence-electron chi connectivity index (χ4n) is 2.14. The van der Waals surface area contributed by atoms with Gasteiger partial charge in [0.15, 0.2) is 11.5 Å². The predicted octanol–water partition coefficient (Wildman–Crippen LogP) is 1.54. The minimum atomic E-state index is -1.26. The lowest BCUT2D eigenvalue weighted by Crippen LogP contribution is -2.33. The van der Waals surface area contributed by atoms with Gasteiger partial charge in [0.1, 0.15) is 12.3 Å². The summed E-state index contributed by atoms with van der Waals surface area (Å²) in [5, 5.41) is 8.13. The van der Waals surface area contributed by atoms with E-state index in [0.717, 1.165) is 0 Å². The van der Waals surface area contributed by atoms with Crippen molar-refractivity contribution in [3.8, 4) is 17.2 Å². The van der Waals surface area contributed by atoms with Crippen LogP contribution in [0.25, 0.3) is 6.08 Å². The molecular weight excluding hydrogens is 326 g/mol. The highest BCUT2D eigenvalue weighted by molar-refractivity contribution is 8.18. The van der Waals surface area contributed by atoms with Crippen molar-refractivity contribution in [3.05, 3.63) is 22.6 Å². The van der Waals surface area contributed by atoms with Crippen LogP contribution in [0.1, 0.15) is 5.56 Å². The van der Waals surface area contributed by atoms with Crippen LogP contribution in [-0.2, 0) is 9.59 Å². The molecule has 3 rings (SSSR count). The first-order chi connectivity index (χ1) is 11.0. The zero-order valence-corrected chi connectivity index (χ0v) is 12.7. The predicted molar refractivity (Wildman–Crippen MR) is 79.4 cm³/mol. The van der Waals surface area contributed by atoms with Gasteiger partial charge in [-0.05, 0) is 23.9 Å². The Bertz CT molecular complexity index is 743. The van der Waals surface area contributed by atoms with Gasteiger partial charge >= 0.3 is 5.97 Å². The van der Waals surface area contributed by atoms with E-state index in [0.29, 0.717) is 39.5 Å². The number of methoxy groups -OCH3 is 1. The van der Waals surface area contributed by atoms with Gasteiger partial charge in [0, 0.05) is 11.6 Å². The Morgan fingerprint density at radius 3 is 2.74 bits per heavy atom. The Kier molecular flexibility index (Phi) is 3.87. The summed E-state index contributed by atoms with van der Waals surface area (Å²) in [6, 6.07) is 3.25. The Labute approximate surface area is 134 Å². The zero-order valence-electron chi connectivity index (χ0n) is 11.9. The maximum absolute atomic E-state index is 12.1. The number of fused-ring (bicyclic) bond motifs is 1. The number of rotatable bonds is 4. The average Bonchev–Trinajstić information content (AvgIpc) is 3.06. The van der Waals surface area contributed by atoms with E-state index in [1.165, 1.54) is 13.2 Å². The van der Waals surface area contributed by atoms with Gasteiger partial charge in [0.05, 0.1) is 12.0 Å². The number of hydrogen-bond donors (Lipinski definition) is 1. The number of benzene rings is 1. The van der Waals surface area contributed by atoms with E-state index in [1.807, 2.05) is 0 Å². The molecule has 2 heterocycles. The van der Waals surface area contributed by atoms with Crippen molar-refractivity contribution in [3.63, 3.8) is 0 Å². The molecule has 23 heavy (non-hydrogen) atoms. The maximum atomic E-state index is 12.1. The van der Waals surface area contributed by atoms with Gasteiger partial charge in [-0.3, -0.25) is 19.3 Å². The molecule has 1 saturated heterocycles. The molecule has 1 aromatic rings. The molecular formula is C14H11NO7S. The molecule has 8 nitrogen and oxygen atoms in total. The number of hydrogen-bond acceptors (Lipinski definition) is 7. The lowest BCUT2D eigenvalue weighted by atomic mass is 10.1. The fourth-order valence-corrected chi connectivity index (χ4v) is 2.97. The molecule has 2 aliphatic heterocycles. The number of carboxylic acid groups (broad SMARTS) is 1. The van der Waals surface area contributed by atoms with Gasteiger partial charge in [0.25, 0.3) is 11.1 Å². The number of nitrogens with zero attached hydrogens (tertiary/aromatic N) is 1. The molecule has 0 saturated carbocycles. The summed E-state index contributed by atoms with van der Waals surface area (Å²) in [6.45, 7) is -0.572. The summed E-state index contributed by atoms with van der Waals surface area (Å²) in [6.07, 6.45) is 1.47. The van der Waals surface area contributed by atoms with Gasteiger partial charge in [0.2, 0.25) is 6.79 Å². The number of aliphatic carboxylic acids is 1. The average molecular weight is 337 g/mol. The summed E-state index contributed by atoms with van der Waals surface area (Å²) in [5.74, 6) is -0.435. The number of carbonyl (C=O) groups excluding carboxylic acids is 2. The molecule has 0 bridgehead atoms. The molecule has 9 heteroatoms. The van der Waals surface area contributed by atoms with Gasteiger partial charge in [-0.2, -0.15) is 0 Å². The lowest BCUT2D eigenvalue weighted by molar-refractivity contribution is -0.140. The molecule has 0 aliphatic carbocycles. The molecule has 1 N–H and O–H groups in total. The number of amides is 2. The van der Waals surface area contributed by atoms with Crippen LogP contribution in [0.5, 0.6) is 17.2 Å². The minimum Gasteiger partial charge on any atom is -0.496 e. The van der Waals surface area contributed by atoms with Crippen molar-refractivity contribution in [1.82, 2.24) is 4.90 Å². The highest BCUT2D eigenvalue weighted by Gasteiger charge is 2.36. The molecule has 120 valence electrons. The van der Waals surface area contributed by atoms with E-state index in [4.69, 9.17) is 19.3 Å². The Morgan fingerprint density at radius 2 is 2.09 bits per heavy atom. The third-order valence-electron chi connectivity index (χ3n) is 3.18. The Hall–Kier alpha value is -2.68. The van der Waals surface area contributed by atoms with E-state index >= 15 is 0 Å². The van der Waals surface area contributed by atoms with E-state index in [-0.39, 0.29) is 11.7 Å². The molecule has 1 fully saturated rings. The van der Waals surface area contributed by atoms with Gasteiger partial charge in [-0.15, -0.1) is 0 Å². The first-order valence-electron chi connectivity index (χ1n) is 6.44. The second-order valence-electron chi connectivity index (χ2n) is 4.61. The highest BCUT2D eigenvalue weighted by atomic mass is 32.2. The molecule has 0 aromatic heterocycles. The summed E-state index contributed by atoms with van der Waals surface area (Å²) in [5.41, 5.74) is 0.526. The molecule has 2 amide bonds. The third-order valence-corrected chi connectivity index (χ3v) is 4.09.